The molecule has 0 radical (unpaired) electrons. The Balaban J connectivity index is 2.16. The molecule has 0 saturated heterocycles. The molecule has 1 heterocycles. The highest BCUT2D eigenvalue weighted by Gasteiger charge is 2.09. The third kappa shape index (κ3) is 2.92. The van der Waals surface area contributed by atoms with Gasteiger partial charge in [-0.1, -0.05) is 30.3 Å². The third-order valence-electron chi connectivity index (χ3n) is 3.00. The second-order valence-corrected chi connectivity index (χ2v) is 5.32. The van der Waals surface area contributed by atoms with Crippen LogP contribution in [0, 0.1) is 5.82 Å². The topological polar surface area (TPSA) is 45.8 Å². The van der Waals surface area contributed by atoms with E-state index in [2.05, 4.69) is 25.9 Å². The van der Waals surface area contributed by atoms with Gasteiger partial charge in [0, 0.05) is 21.7 Å². The maximum absolute atomic E-state index is 13.2. The van der Waals surface area contributed by atoms with Crippen LogP contribution in [-0.4, -0.2) is 9.97 Å². The van der Waals surface area contributed by atoms with Crippen molar-refractivity contribution in [3.8, 4) is 22.6 Å². The van der Waals surface area contributed by atoms with Crippen LogP contribution in [0.4, 0.5) is 4.39 Å². The van der Waals surface area contributed by atoms with Crippen LogP contribution < -0.4 is 5.56 Å². The number of nitrogens with zero attached hydrogens (tertiary/aromatic N) is 1. The van der Waals surface area contributed by atoms with Crippen molar-refractivity contribution in [2.24, 2.45) is 0 Å². The number of rotatable bonds is 2. The van der Waals surface area contributed by atoms with Crippen LogP contribution in [0.1, 0.15) is 0 Å². The number of aromatic nitrogens is 2. The first-order valence-electron chi connectivity index (χ1n) is 6.26. The van der Waals surface area contributed by atoms with E-state index in [0.29, 0.717) is 21.6 Å². The van der Waals surface area contributed by atoms with Gasteiger partial charge in [-0.15, -0.1) is 0 Å². The monoisotopic (exact) mass is 344 g/mol. The minimum Gasteiger partial charge on any atom is -0.306 e. The van der Waals surface area contributed by atoms with Crippen molar-refractivity contribution in [3.63, 3.8) is 0 Å². The van der Waals surface area contributed by atoms with E-state index in [1.165, 1.54) is 18.2 Å². The summed E-state index contributed by atoms with van der Waals surface area (Å²) in [5.41, 5.74) is 1.80. The summed E-state index contributed by atoms with van der Waals surface area (Å²) in [6.07, 6.45) is 0. The second kappa shape index (κ2) is 5.61. The summed E-state index contributed by atoms with van der Waals surface area (Å²) < 4.78 is 13.7. The molecule has 0 unspecified atom stereocenters. The summed E-state index contributed by atoms with van der Waals surface area (Å²) in [5, 5.41) is 0. The van der Waals surface area contributed by atoms with Crippen LogP contribution in [0.15, 0.2) is 63.9 Å². The highest BCUT2D eigenvalue weighted by molar-refractivity contribution is 9.10. The van der Waals surface area contributed by atoms with Crippen LogP contribution in [0.5, 0.6) is 0 Å². The van der Waals surface area contributed by atoms with Gasteiger partial charge in [0.1, 0.15) is 11.6 Å². The molecule has 0 aliphatic rings. The van der Waals surface area contributed by atoms with E-state index in [0.717, 1.165) is 5.56 Å². The number of H-pyrrole nitrogens is 1. The van der Waals surface area contributed by atoms with Gasteiger partial charge in [0.2, 0.25) is 0 Å². The van der Waals surface area contributed by atoms with E-state index in [4.69, 9.17) is 0 Å². The predicted octanol–water partition coefficient (Wildman–Crippen LogP) is 4.01. The average Bonchev–Trinajstić information content (AvgIpc) is 2.47. The lowest BCUT2D eigenvalue weighted by Gasteiger charge is -2.06. The number of aromatic amines is 1. The average molecular weight is 345 g/mol. The molecule has 0 aliphatic heterocycles. The lowest BCUT2D eigenvalue weighted by Crippen LogP contribution is -2.08. The van der Waals surface area contributed by atoms with Crippen LogP contribution >= 0.6 is 15.9 Å². The van der Waals surface area contributed by atoms with Gasteiger partial charge in [0.15, 0.2) is 0 Å². The molecule has 0 bridgehead atoms. The van der Waals surface area contributed by atoms with Gasteiger partial charge in [-0.05, 0) is 34.1 Å². The molecule has 21 heavy (non-hydrogen) atoms. The fourth-order valence-corrected chi connectivity index (χ4v) is 2.56. The van der Waals surface area contributed by atoms with E-state index in [9.17, 15) is 9.18 Å². The van der Waals surface area contributed by atoms with E-state index in [1.807, 2.05) is 30.3 Å². The van der Waals surface area contributed by atoms with Gasteiger partial charge < -0.3 is 4.98 Å². The Hall–Kier alpha value is -2.27. The predicted molar refractivity (Wildman–Crippen MR) is 83.4 cm³/mol. The number of nitrogens with one attached hydrogen (secondary N) is 1. The Morgan fingerprint density at radius 3 is 2.52 bits per heavy atom. The molecule has 0 atom stereocenters. The van der Waals surface area contributed by atoms with E-state index in [1.54, 1.807) is 6.07 Å². The summed E-state index contributed by atoms with van der Waals surface area (Å²) in [7, 11) is 0. The Labute approximate surface area is 128 Å². The first-order chi connectivity index (χ1) is 10.1. The Kier molecular flexibility index (Phi) is 3.66. The molecule has 0 spiro atoms. The molecule has 3 nitrogen and oxygen atoms in total. The Morgan fingerprint density at radius 2 is 1.81 bits per heavy atom. The summed E-state index contributed by atoms with van der Waals surface area (Å²) in [5.74, 6) is 0.0420. The van der Waals surface area contributed by atoms with Crippen molar-refractivity contribution < 1.29 is 4.39 Å². The maximum atomic E-state index is 13.2. The fraction of sp³-hybridized carbons (Fsp3) is 0. The SMILES string of the molecule is O=c1cc(-c2ccccc2)nc(-c2ccc(F)cc2Br)[nH]1. The molecule has 3 aromatic rings. The zero-order valence-electron chi connectivity index (χ0n) is 10.8. The molecule has 3 rings (SSSR count). The standard InChI is InChI=1S/C16H10BrFN2O/c17-13-8-11(18)6-7-12(13)16-19-14(9-15(21)20-16)10-4-2-1-3-5-10/h1-9H,(H,19,20,21). The van der Waals surface area contributed by atoms with Crippen LogP contribution in [0.2, 0.25) is 0 Å². The Bertz CT molecular complexity index is 846. The fourth-order valence-electron chi connectivity index (χ4n) is 2.02. The Morgan fingerprint density at radius 1 is 1.05 bits per heavy atom. The second-order valence-electron chi connectivity index (χ2n) is 4.47. The van der Waals surface area contributed by atoms with Gasteiger partial charge in [-0.2, -0.15) is 0 Å². The number of hydrogen-bond donors (Lipinski definition) is 1. The van der Waals surface area contributed by atoms with Crippen molar-refractivity contribution in [2.45, 2.75) is 0 Å². The smallest absolute Gasteiger partial charge is 0.251 e. The highest BCUT2D eigenvalue weighted by Crippen LogP contribution is 2.27. The zero-order chi connectivity index (χ0) is 14.8. The first-order valence-corrected chi connectivity index (χ1v) is 7.05. The van der Waals surface area contributed by atoms with Gasteiger partial charge in [-0.25, -0.2) is 9.37 Å². The van der Waals surface area contributed by atoms with Crippen LogP contribution in [-0.2, 0) is 0 Å². The molecule has 0 amide bonds. The summed E-state index contributed by atoms with van der Waals surface area (Å²) in [4.78, 5) is 19.0. The van der Waals surface area contributed by atoms with Gasteiger partial charge in [-0.3, -0.25) is 4.79 Å². The van der Waals surface area contributed by atoms with E-state index in [-0.39, 0.29) is 11.4 Å². The molecular formula is C16H10BrFN2O. The van der Waals surface area contributed by atoms with Crippen LogP contribution in [0.3, 0.4) is 0 Å². The summed E-state index contributed by atoms with van der Waals surface area (Å²) >= 11 is 3.29. The molecular weight excluding hydrogens is 335 g/mol. The molecule has 1 aromatic heterocycles. The first kappa shape index (κ1) is 13.7. The summed E-state index contributed by atoms with van der Waals surface area (Å²) in [6.45, 7) is 0. The molecule has 1 N–H and O–H groups in total. The number of halogens is 2. The zero-order valence-corrected chi connectivity index (χ0v) is 12.4. The largest absolute Gasteiger partial charge is 0.306 e. The highest BCUT2D eigenvalue weighted by atomic mass is 79.9. The quantitative estimate of drug-likeness (QED) is 0.763. The lowest BCUT2D eigenvalue weighted by atomic mass is 10.1. The summed E-state index contributed by atoms with van der Waals surface area (Å²) in [6, 6.07) is 15.1. The molecule has 2 aromatic carbocycles. The van der Waals surface area contributed by atoms with Crippen molar-refractivity contribution in [1.82, 2.24) is 9.97 Å². The normalized spacial score (nSPS) is 10.6. The molecule has 104 valence electrons. The minimum atomic E-state index is -0.354. The minimum absolute atomic E-state index is 0.255. The van der Waals surface area contributed by atoms with Crippen molar-refractivity contribution in [1.29, 1.82) is 0 Å². The van der Waals surface area contributed by atoms with Crippen molar-refractivity contribution in [2.75, 3.05) is 0 Å². The molecule has 0 saturated carbocycles. The van der Waals surface area contributed by atoms with Crippen molar-refractivity contribution in [3.05, 3.63) is 75.2 Å². The van der Waals surface area contributed by atoms with E-state index >= 15 is 0 Å². The lowest BCUT2D eigenvalue weighted by molar-refractivity contribution is 0.627. The molecule has 0 aliphatic carbocycles. The molecule has 5 heteroatoms. The van der Waals surface area contributed by atoms with Gasteiger partial charge >= 0.3 is 0 Å². The van der Waals surface area contributed by atoms with Gasteiger partial charge in [0.05, 0.1) is 5.69 Å². The van der Waals surface area contributed by atoms with E-state index < -0.39 is 0 Å². The van der Waals surface area contributed by atoms with Crippen LogP contribution in [0.25, 0.3) is 22.6 Å². The molecule has 0 fully saturated rings. The van der Waals surface area contributed by atoms with Gasteiger partial charge in [0.25, 0.3) is 5.56 Å². The number of benzene rings is 2. The van der Waals surface area contributed by atoms with Crippen molar-refractivity contribution >= 4 is 15.9 Å². The number of hydrogen-bond acceptors (Lipinski definition) is 2. The maximum Gasteiger partial charge on any atom is 0.251 e. The third-order valence-corrected chi connectivity index (χ3v) is 3.65.